The van der Waals surface area contributed by atoms with E-state index in [1.165, 1.54) is 6.26 Å². The number of hydrogen-bond donors (Lipinski definition) is 1. The number of nitrogens with one attached hydrogen (secondary N) is 1. The van der Waals surface area contributed by atoms with Crippen molar-refractivity contribution < 1.29 is 13.9 Å². The summed E-state index contributed by atoms with van der Waals surface area (Å²) in [7, 11) is 0. The lowest BCUT2D eigenvalue weighted by atomic mass is 9.54. The lowest BCUT2D eigenvalue weighted by Gasteiger charge is -2.47. The fourth-order valence-corrected chi connectivity index (χ4v) is 4.35. The maximum atomic E-state index is 10.2. The number of benzene rings is 1. The van der Waals surface area contributed by atoms with E-state index >= 15 is 0 Å². The molecule has 2 aliphatic heterocycles. The third-order valence-electron chi connectivity index (χ3n) is 5.92. The molecular formula is C21H16N4O3. The third kappa shape index (κ3) is 1.80. The molecule has 4 atom stereocenters. The molecule has 2 aliphatic rings. The first-order valence-corrected chi connectivity index (χ1v) is 8.72. The maximum Gasteiger partial charge on any atom is 0.244 e. The average molecular weight is 372 g/mol. The van der Waals surface area contributed by atoms with Crippen LogP contribution in [-0.2, 0) is 15.3 Å². The molecular weight excluding hydrogens is 356 g/mol. The molecule has 7 nitrogen and oxygen atoms in total. The van der Waals surface area contributed by atoms with Gasteiger partial charge < -0.3 is 13.9 Å². The molecule has 2 bridgehead atoms. The van der Waals surface area contributed by atoms with Crippen LogP contribution in [0.1, 0.15) is 29.9 Å². The predicted octanol–water partition coefficient (Wildman–Crippen LogP) is 3.70. The highest BCUT2D eigenvalue weighted by molar-refractivity contribution is 5.89. The van der Waals surface area contributed by atoms with E-state index in [1.54, 1.807) is 31.2 Å². The summed E-state index contributed by atoms with van der Waals surface area (Å²) in [5, 5.41) is 38.8. The molecule has 4 unspecified atom stereocenters. The Bertz CT molecular complexity index is 1060. The van der Waals surface area contributed by atoms with Crippen molar-refractivity contribution in [3.8, 4) is 18.2 Å². The van der Waals surface area contributed by atoms with Gasteiger partial charge in [-0.1, -0.05) is 36.8 Å². The molecule has 0 radical (unpaired) electrons. The quantitative estimate of drug-likeness (QED) is 0.856. The molecule has 138 valence electrons. The number of ether oxygens (including phenoxy) is 2. The molecule has 3 heterocycles. The second kappa shape index (κ2) is 5.70. The lowest BCUT2D eigenvalue weighted by molar-refractivity contribution is -0.292. The largest absolute Gasteiger partial charge is 0.466 e. The summed E-state index contributed by atoms with van der Waals surface area (Å²) < 4.78 is 17.6. The molecule has 0 aliphatic carbocycles. The minimum Gasteiger partial charge on any atom is -0.466 e. The van der Waals surface area contributed by atoms with Gasteiger partial charge in [-0.25, -0.2) is 0 Å². The molecule has 1 N–H and O–H groups in total. The highest BCUT2D eigenvalue weighted by Crippen LogP contribution is 2.68. The zero-order valence-electron chi connectivity index (χ0n) is 15.3. The summed E-state index contributed by atoms with van der Waals surface area (Å²) in [6, 6.07) is 16.6. The number of hydrogen-bond acceptors (Lipinski definition) is 7. The summed E-state index contributed by atoms with van der Waals surface area (Å²) in [6.45, 7) is 3.61. The van der Waals surface area contributed by atoms with Crippen molar-refractivity contribution in [1.29, 1.82) is 21.2 Å². The molecule has 0 amide bonds. The molecule has 2 fully saturated rings. The van der Waals surface area contributed by atoms with Crippen LogP contribution in [0.25, 0.3) is 0 Å². The molecule has 2 aromatic rings. The van der Waals surface area contributed by atoms with E-state index in [0.29, 0.717) is 5.56 Å². The van der Waals surface area contributed by atoms with Crippen molar-refractivity contribution in [3.63, 3.8) is 0 Å². The second-order valence-corrected chi connectivity index (χ2v) is 7.15. The summed E-state index contributed by atoms with van der Waals surface area (Å²) >= 11 is 0. The number of aryl methyl sites for hydroxylation is 1. The molecule has 28 heavy (non-hydrogen) atoms. The van der Waals surface area contributed by atoms with Crippen molar-refractivity contribution in [1.82, 2.24) is 0 Å². The van der Waals surface area contributed by atoms with Gasteiger partial charge in [-0.2, -0.15) is 15.8 Å². The van der Waals surface area contributed by atoms with Crippen molar-refractivity contribution in [2.24, 2.45) is 16.7 Å². The SMILES string of the molecule is Cc1ccc(C23OC(=N)C(C#N)(C2C)C(C#N)(C#N)C(c2ccco2)O3)cc1. The Labute approximate surface area is 161 Å². The highest BCUT2D eigenvalue weighted by Gasteiger charge is 2.80. The van der Waals surface area contributed by atoms with Gasteiger partial charge in [0.2, 0.25) is 17.1 Å². The van der Waals surface area contributed by atoms with Gasteiger partial charge >= 0.3 is 0 Å². The van der Waals surface area contributed by atoms with Crippen LogP contribution < -0.4 is 0 Å². The molecule has 0 spiro atoms. The molecule has 1 aromatic carbocycles. The van der Waals surface area contributed by atoms with Crippen LogP contribution >= 0.6 is 0 Å². The van der Waals surface area contributed by atoms with Crippen LogP contribution in [0.4, 0.5) is 0 Å². The smallest absolute Gasteiger partial charge is 0.244 e. The Morgan fingerprint density at radius 2 is 1.71 bits per heavy atom. The van der Waals surface area contributed by atoms with Crippen LogP contribution in [0.15, 0.2) is 47.1 Å². The topological polar surface area (TPSA) is 127 Å². The van der Waals surface area contributed by atoms with Gasteiger partial charge in [0.15, 0.2) is 11.5 Å². The Morgan fingerprint density at radius 3 is 2.25 bits per heavy atom. The third-order valence-corrected chi connectivity index (χ3v) is 5.92. The molecule has 4 rings (SSSR count). The Hall–Kier alpha value is -3.60. The fourth-order valence-electron chi connectivity index (χ4n) is 4.35. The standard InChI is InChI=1S/C21H16N4O3/c1-13-5-7-15(8-6-13)21-14(2)20(12-24,18(25)28-21)19(10-22,11-23)17(27-21)16-4-3-9-26-16/h3-9,14,17,25H,1-2H3. The van der Waals surface area contributed by atoms with E-state index in [2.05, 4.69) is 6.07 Å². The van der Waals surface area contributed by atoms with Gasteiger partial charge in [-0.15, -0.1) is 0 Å². The van der Waals surface area contributed by atoms with Crippen molar-refractivity contribution >= 4 is 5.90 Å². The first-order chi connectivity index (χ1) is 13.4. The fraction of sp³-hybridized carbons (Fsp3) is 0.333. The zero-order valence-corrected chi connectivity index (χ0v) is 15.3. The number of nitriles is 3. The van der Waals surface area contributed by atoms with Gasteiger partial charge in [0, 0.05) is 5.56 Å². The average Bonchev–Trinajstić information content (AvgIpc) is 3.28. The molecule has 0 saturated carbocycles. The second-order valence-electron chi connectivity index (χ2n) is 7.15. The van der Waals surface area contributed by atoms with Gasteiger partial charge in [0.1, 0.15) is 5.76 Å². The van der Waals surface area contributed by atoms with Crippen LogP contribution in [-0.4, -0.2) is 5.90 Å². The zero-order chi connectivity index (χ0) is 20.2. The summed E-state index contributed by atoms with van der Waals surface area (Å²) in [4.78, 5) is 0. The van der Waals surface area contributed by atoms with Crippen LogP contribution in [0.3, 0.4) is 0 Å². The highest BCUT2D eigenvalue weighted by atomic mass is 16.7. The van der Waals surface area contributed by atoms with E-state index < -0.39 is 34.5 Å². The Balaban J connectivity index is 2.04. The minimum absolute atomic E-state index is 0.226. The van der Waals surface area contributed by atoms with E-state index in [-0.39, 0.29) is 5.76 Å². The summed E-state index contributed by atoms with van der Waals surface area (Å²) in [5.41, 5.74) is -2.21. The first-order valence-electron chi connectivity index (χ1n) is 8.72. The molecule has 1 aromatic heterocycles. The van der Waals surface area contributed by atoms with Crippen molar-refractivity contribution in [2.75, 3.05) is 0 Å². The van der Waals surface area contributed by atoms with Gasteiger partial charge in [-0.3, -0.25) is 5.41 Å². The Morgan fingerprint density at radius 1 is 1.04 bits per heavy atom. The maximum absolute atomic E-state index is 10.2. The predicted molar refractivity (Wildman–Crippen MR) is 95.1 cm³/mol. The van der Waals surface area contributed by atoms with Crippen molar-refractivity contribution in [2.45, 2.75) is 25.7 Å². The van der Waals surface area contributed by atoms with Gasteiger partial charge in [0.25, 0.3) is 0 Å². The van der Waals surface area contributed by atoms with Crippen LogP contribution in [0.2, 0.25) is 0 Å². The number of furan rings is 1. The number of nitrogens with zero attached hydrogens (tertiary/aromatic N) is 3. The lowest BCUT2D eigenvalue weighted by Crippen LogP contribution is -2.57. The van der Waals surface area contributed by atoms with E-state index in [4.69, 9.17) is 19.3 Å². The van der Waals surface area contributed by atoms with E-state index in [1.807, 2.05) is 31.2 Å². The summed E-state index contributed by atoms with van der Waals surface area (Å²) in [5.74, 6) is -2.50. The van der Waals surface area contributed by atoms with Gasteiger partial charge in [0.05, 0.1) is 30.4 Å². The monoisotopic (exact) mass is 372 g/mol. The Kier molecular flexibility index (Phi) is 3.62. The van der Waals surface area contributed by atoms with Crippen LogP contribution in [0.5, 0.6) is 0 Å². The van der Waals surface area contributed by atoms with Gasteiger partial charge in [-0.05, 0) is 19.1 Å². The van der Waals surface area contributed by atoms with Crippen LogP contribution in [0, 0.1) is 63.1 Å². The van der Waals surface area contributed by atoms with Crippen molar-refractivity contribution in [3.05, 3.63) is 59.5 Å². The number of rotatable bonds is 2. The molecule has 2 saturated heterocycles. The minimum atomic E-state index is -2.01. The normalized spacial score (nSPS) is 32.6. The molecule has 7 heteroatoms. The van der Waals surface area contributed by atoms with E-state index in [9.17, 15) is 15.8 Å². The van der Waals surface area contributed by atoms with E-state index in [0.717, 1.165) is 5.56 Å². The first kappa shape index (κ1) is 17.8. The number of fused-ring (bicyclic) bond motifs is 2. The summed E-state index contributed by atoms with van der Waals surface area (Å²) in [6.07, 6.45) is 0.194.